The van der Waals surface area contributed by atoms with Crippen molar-refractivity contribution >= 4 is 17.1 Å². The molecule has 0 bridgehead atoms. The Labute approximate surface area is 141 Å². The van der Waals surface area contributed by atoms with Gasteiger partial charge in [0.1, 0.15) is 5.82 Å². The monoisotopic (exact) mass is 342 g/mol. The van der Waals surface area contributed by atoms with Gasteiger partial charge in [0.15, 0.2) is 17.3 Å². The summed E-state index contributed by atoms with van der Waals surface area (Å²) in [6, 6.07) is 15.7. The molecular formula is C18H12F2N2O3. The summed E-state index contributed by atoms with van der Waals surface area (Å²) in [5.74, 6) is -1.62. The van der Waals surface area contributed by atoms with Gasteiger partial charge in [-0.1, -0.05) is 18.2 Å². The number of benzene rings is 3. The average Bonchev–Trinajstić information content (AvgIpc) is 2.59. The third-order valence-corrected chi connectivity index (χ3v) is 3.34. The van der Waals surface area contributed by atoms with Crippen LogP contribution in [-0.2, 0) is 0 Å². The highest BCUT2D eigenvalue weighted by atomic mass is 19.1. The van der Waals surface area contributed by atoms with Gasteiger partial charge in [-0.05, 0) is 30.3 Å². The third kappa shape index (κ3) is 3.89. The topological polar surface area (TPSA) is 64.4 Å². The van der Waals surface area contributed by atoms with E-state index in [2.05, 4.69) is 5.32 Å². The Hall–Kier alpha value is -3.48. The molecule has 1 N–H and O–H groups in total. The van der Waals surface area contributed by atoms with Crippen LogP contribution >= 0.6 is 0 Å². The van der Waals surface area contributed by atoms with E-state index in [4.69, 9.17) is 4.74 Å². The summed E-state index contributed by atoms with van der Waals surface area (Å²) in [6.45, 7) is 0. The zero-order valence-corrected chi connectivity index (χ0v) is 12.8. The van der Waals surface area contributed by atoms with Crippen LogP contribution in [0.4, 0.5) is 25.8 Å². The molecule has 0 amide bonds. The number of ether oxygens (including phenoxy) is 1. The van der Waals surface area contributed by atoms with E-state index in [1.165, 1.54) is 18.2 Å². The molecule has 3 aromatic carbocycles. The Kier molecular flexibility index (Phi) is 4.56. The van der Waals surface area contributed by atoms with Gasteiger partial charge in [-0.15, -0.1) is 0 Å². The zero-order chi connectivity index (χ0) is 17.8. The molecule has 0 heterocycles. The van der Waals surface area contributed by atoms with Crippen LogP contribution in [-0.4, -0.2) is 4.92 Å². The van der Waals surface area contributed by atoms with Crippen molar-refractivity contribution in [2.75, 3.05) is 5.32 Å². The van der Waals surface area contributed by atoms with Crippen LogP contribution in [0.15, 0.2) is 66.7 Å². The highest BCUT2D eigenvalue weighted by Crippen LogP contribution is 2.35. The number of para-hydroxylation sites is 1. The first-order chi connectivity index (χ1) is 12.0. The Morgan fingerprint density at radius 2 is 1.64 bits per heavy atom. The van der Waals surface area contributed by atoms with Gasteiger partial charge < -0.3 is 10.1 Å². The highest BCUT2D eigenvalue weighted by molar-refractivity contribution is 5.69. The Balaban J connectivity index is 1.98. The number of nitro groups is 1. The van der Waals surface area contributed by atoms with E-state index in [9.17, 15) is 18.9 Å². The maximum atomic E-state index is 13.8. The Bertz CT molecular complexity index is 917. The number of anilines is 2. The van der Waals surface area contributed by atoms with Crippen LogP contribution in [0, 0.1) is 21.7 Å². The molecule has 0 aliphatic rings. The van der Waals surface area contributed by atoms with Gasteiger partial charge in [0.2, 0.25) is 0 Å². The third-order valence-electron chi connectivity index (χ3n) is 3.34. The van der Waals surface area contributed by atoms with E-state index in [0.717, 1.165) is 12.1 Å². The van der Waals surface area contributed by atoms with Crippen molar-refractivity contribution in [2.45, 2.75) is 0 Å². The fourth-order valence-electron chi connectivity index (χ4n) is 2.17. The molecule has 0 atom stereocenters. The SMILES string of the molecule is O=[N+]([O-])c1ccc(Oc2ccc(F)cc2F)c(Nc2ccccc2)c1. The first kappa shape index (κ1) is 16.4. The molecule has 25 heavy (non-hydrogen) atoms. The van der Waals surface area contributed by atoms with Crippen molar-refractivity contribution in [3.05, 3.63) is 88.5 Å². The van der Waals surface area contributed by atoms with Gasteiger partial charge in [-0.2, -0.15) is 0 Å². The fraction of sp³-hybridized carbons (Fsp3) is 0. The number of nitrogens with one attached hydrogen (secondary N) is 1. The number of non-ortho nitro benzene ring substituents is 1. The van der Waals surface area contributed by atoms with Crippen molar-refractivity contribution < 1.29 is 18.4 Å². The minimum atomic E-state index is -0.871. The van der Waals surface area contributed by atoms with Gasteiger partial charge in [-0.3, -0.25) is 10.1 Å². The van der Waals surface area contributed by atoms with Gasteiger partial charge in [-0.25, -0.2) is 8.78 Å². The van der Waals surface area contributed by atoms with Crippen molar-refractivity contribution in [3.8, 4) is 11.5 Å². The summed E-state index contributed by atoms with van der Waals surface area (Å²) in [7, 11) is 0. The predicted molar refractivity (Wildman–Crippen MR) is 89.3 cm³/mol. The highest BCUT2D eigenvalue weighted by Gasteiger charge is 2.14. The molecular weight excluding hydrogens is 330 g/mol. The molecule has 0 aliphatic carbocycles. The molecule has 0 saturated carbocycles. The molecule has 0 saturated heterocycles. The summed E-state index contributed by atoms with van der Waals surface area (Å²) in [6.07, 6.45) is 0. The molecule has 0 fully saturated rings. The smallest absolute Gasteiger partial charge is 0.271 e. The predicted octanol–water partition coefficient (Wildman–Crippen LogP) is 5.41. The minimum Gasteiger partial charge on any atom is -0.452 e. The van der Waals surface area contributed by atoms with E-state index in [0.29, 0.717) is 11.8 Å². The van der Waals surface area contributed by atoms with Crippen molar-refractivity contribution in [3.63, 3.8) is 0 Å². The molecule has 0 unspecified atom stereocenters. The first-order valence-corrected chi connectivity index (χ1v) is 7.26. The lowest BCUT2D eigenvalue weighted by Crippen LogP contribution is -1.97. The molecule has 7 heteroatoms. The first-order valence-electron chi connectivity index (χ1n) is 7.26. The van der Waals surface area contributed by atoms with E-state index >= 15 is 0 Å². The van der Waals surface area contributed by atoms with Crippen molar-refractivity contribution in [1.29, 1.82) is 0 Å². The van der Waals surface area contributed by atoms with Crippen LogP contribution in [0.2, 0.25) is 0 Å². The van der Waals surface area contributed by atoms with E-state index in [1.54, 1.807) is 24.3 Å². The maximum Gasteiger partial charge on any atom is 0.271 e. The quantitative estimate of drug-likeness (QED) is 0.497. The summed E-state index contributed by atoms with van der Waals surface area (Å²) in [5, 5.41) is 14.0. The summed E-state index contributed by atoms with van der Waals surface area (Å²) in [4.78, 5) is 10.5. The number of rotatable bonds is 5. The normalized spacial score (nSPS) is 10.3. The van der Waals surface area contributed by atoms with Crippen molar-refractivity contribution in [1.82, 2.24) is 0 Å². The summed E-state index contributed by atoms with van der Waals surface area (Å²) < 4.78 is 32.3. The Morgan fingerprint density at radius 1 is 0.920 bits per heavy atom. The van der Waals surface area contributed by atoms with E-state index < -0.39 is 16.6 Å². The summed E-state index contributed by atoms with van der Waals surface area (Å²) >= 11 is 0. The Morgan fingerprint density at radius 3 is 2.32 bits per heavy atom. The minimum absolute atomic E-state index is 0.148. The molecule has 0 aliphatic heterocycles. The number of nitrogens with zero attached hydrogens (tertiary/aromatic N) is 1. The van der Waals surface area contributed by atoms with Gasteiger partial charge in [0, 0.05) is 23.9 Å². The summed E-state index contributed by atoms with van der Waals surface area (Å²) in [5.41, 5.74) is 0.807. The molecule has 0 spiro atoms. The molecule has 3 aromatic rings. The average molecular weight is 342 g/mol. The van der Waals surface area contributed by atoms with Crippen molar-refractivity contribution in [2.24, 2.45) is 0 Å². The van der Waals surface area contributed by atoms with Crippen LogP contribution in [0.1, 0.15) is 0 Å². The second-order valence-electron chi connectivity index (χ2n) is 5.11. The second kappa shape index (κ2) is 6.96. The second-order valence-corrected chi connectivity index (χ2v) is 5.11. The van der Waals surface area contributed by atoms with Crippen LogP contribution in [0.5, 0.6) is 11.5 Å². The van der Waals surface area contributed by atoms with E-state index in [1.807, 2.05) is 6.07 Å². The lowest BCUT2D eigenvalue weighted by molar-refractivity contribution is -0.384. The van der Waals surface area contributed by atoms with Crippen LogP contribution in [0.25, 0.3) is 0 Å². The number of hydrogen-bond acceptors (Lipinski definition) is 4. The van der Waals surface area contributed by atoms with E-state index in [-0.39, 0.29) is 22.9 Å². The lowest BCUT2D eigenvalue weighted by Gasteiger charge is -2.13. The number of halogens is 2. The van der Waals surface area contributed by atoms with Crippen LogP contribution in [0.3, 0.4) is 0 Å². The van der Waals surface area contributed by atoms with Gasteiger partial charge >= 0.3 is 0 Å². The largest absolute Gasteiger partial charge is 0.452 e. The standard InChI is InChI=1S/C18H12F2N2O3/c19-12-6-8-17(15(20)10-12)25-18-9-7-14(22(23)24)11-16(18)21-13-4-2-1-3-5-13/h1-11,21H. The lowest BCUT2D eigenvalue weighted by atomic mass is 10.2. The van der Waals surface area contributed by atoms with Gasteiger partial charge in [0.25, 0.3) is 5.69 Å². The molecule has 126 valence electrons. The maximum absolute atomic E-state index is 13.8. The zero-order valence-electron chi connectivity index (χ0n) is 12.8. The molecule has 3 rings (SSSR count). The molecule has 0 radical (unpaired) electrons. The molecule has 5 nitrogen and oxygen atoms in total. The van der Waals surface area contributed by atoms with Gasteiger partial charge in [0.05, 0.1) is 10.6 Å². The number of hydrogen-bond donors (Lipinski definition) is 1. The fourth-order valence-corrected chi connectivity index (χ4v) is 2.17. The number of nitro benzene ring substituents is 1. The molecule has 0 aromatic heterocycles. The van der Waals surface area contributed by atoms with Crippen LogP contribution < -0.4 is 10.1 Å².